The van der Waals surface area contributed by atoms with Crippen molar-refractivity contribution < 1.29 is 9.59 Å². The van der Waals surface area contributed by atoms with E-state index in [0.29, 0.717) is 18.4 Å². The summed E-state index contributed by atoms with van der Waals surface area (Å²) in [5.41, 5.74) is 0.713. The van der Waals surface area contributed by atoms with Gasteiger partial charge >= 0.3 is 0 Å². The Morgan fingerprint density at radius 1 is 1.07 bits per heavy atom. The molecule has 2 heteroatoms. The first-order valence-corrected chi connectivity index (χ1v) is 4.93. The van der Waals surface area contributed by atoms with Crippen molar-refractivity contribution in [2.45, 2.75) is 19.8 Å². The molecular weight excluding hydrogens is 188 g/mol. The molecule has 0 aliphatic carbocycles. The third kappa shape index (κ3) is 4.36. The van der Waals surface area contributed by atoms with Gasteiger partial charge in [-0.05, 0) is 6.92 Å². The van der Waals surface area contributed by atoms with Gasteiger partial charge in [0.25, 0.3) is 0 Å². The molecule has 0 aliphatic heterocycles. The number of hydrogen-bond donors (Lipinski definition) is 0. The molecule has 15 heavy (non-hydrogen) atoms. The molecule has 0 N–H and O–H groups in total. The zero-order valence-corrected chi connectivity index (χ0v) is 8.77. The zero-order chi connectivity index (χ0) is 11.1. The van der Waals surface area contributed by atoms with E-state index in [4.69, 9.17) is 0 Å². The van der Waals surface area contributed by atoms with Crippen LogP contribution < -0.4 is 0 Å². The fourth-order valence-corrected chi connectivity index (χ4v) is 1.18. The largest absolute Gasteiger partial charge is 0.300 e. The highest BCUT2D eigenvalue weighted by Gasteiger charge is 2.01. The predicted molar refractivity (Wildman–Crippen MR) is 59.8 cm³/mol. The molecule has 0 aromatic heterocycles. The maximum atomic E-state index is 11.6. The second-order valence-corrected chi connectivity index (χ2v) is 3.37. The van der Waals surface area contributed by atoms with Gasteiger partial charge in [0.1, 0.15) is 5.78 Å². The Bertz CT molecular complexity index is 363. The average Bonchev–Trinajstić information content (AvgIpc) is 2.25. The summed E-state index contributed by atoms with van der Waals surface area (Å²) in [6.07, 6.45) is 4.25. The number of Topliss-reactive ketones (excluding diaryl/α,β-unsaturated/α-hetero) is 2. The van der Waals surface area contributed by atoms with Gasteiger partial charge in [-0.3, -0.25) is 9.59 Å². The standard InChI is InChI=1S/C13H14O2/c1-11(14)7-5-6-10-13(15)12-8-3-2-4-9-12/h2-6,8-9H,7,10H2,1H3/b6-5-. The summed E-state index contributed by atoms with van der Waals surface area (Å²) in [6.45, 7) is 1.53. The normalized spacial score (nSPS) is 10.5. The van der Waals surface area contributed by atoms with Crippen LogP contribution in [0.15, 0.2) is 42.5 Å². The van der Waals surface area contributed by atoms with Crippen molar-refractivity contribution in [2.24, 2.45) is 0 Å². The Hall–Kier alpha value is -1.70. The first-order valence-electron chi connectivity index (χ1n) is 4.93. The van der Waals surface area contributed by atoms with Gasteiger partial charge in [-0.1, -0.05) is 42.5 Å². The second-order valence-electron chi connectivity index (χ2n) is 3.37. The van der Waals surface area contributed by atoms with Gasteiger partial charge < -0.3 is 0 Å². The Morgan fingerprint density at radius 3 is 2.27 bits per heavy atom. The third-order valence-electron chi connectivity index (χ3n) is 1.97. The van der Waals surface area contributed by atoms with Gasteiger partial charge in [0.15, 0.2) is 5.78 Å². The highest BCUT2D eigenvalue weighted by Crippen LogP contribution is 2.03. The molecule has 0 saturated carbocycles. The molecule has 78 valence electrons. The van der Waals surface area contributed by atoms with Crippen molar-refractivity contribution in [2.75, 3.05) is 0 Å². The summed E-state index contributed by atoms with van der Waals surface area (Å²) in [7, 11) is 0. The molecule has 1 rings (SSSR count). The lowest BCUT2D eigenvalue weighted by molar-refractivity contribution is -0.116. The van der Waals surface area contributed by atoms with E-state index in [1.165, 1.54) is 6.92 Å². The molecule has 0 saturated heterocycles. The van der Waals surface area contributed by atoms with Crippen LogP contribution in [-0.4, -0.2) is 11.6 Å². The van der Waals surface area contributed by atoms with E-state index < -0.39 is 0 Å². The summed E-state index contributed by atoms with van der Waals surface area (Å²) in [4.78, 5) is 22.2. The van der Waals surface area contributed by atoms with Crippen LogP contribution in [-0.2, 0) is 4.79 Å². The minimum Gasteiger partial charge on any atom is -0.300 e. The quantitative estimate of drug-likeness (QED) is 0.543. The molecule has 2 nitrogen and oxygen atoms in total. The lowest BCUT2D eigenvalue weighted by Crippen LogP contribution is -1.96. The van der Waals surface area contributed by atoms with Crippen LogP contribution >= 0.6 is 0 Å². The number of allylic oxidation sites excluding steroid dienone is 2. The van der Waals surface area contributed by atoms with Crippen molar-refractivity contribution in [3.63, 3.8) is 0 Å². The molecular formula is C13H14O2. The lowest BCUT2D eigenvalue weighted by Gasteiger charge is -1.95. The van der Waals surface area contributed by atoms with E-state index in [1.807, 2.05) is 18.2 Å². The van der Waals surface area contributed by atoms with Gasteiger partial charge in [0, 0.05) is 18.4 Å². The zero-order valence-electron chi connectivity index (χ0n) is 8.77. The van der Waals surface area contributed by atoms with Crippen LogP contribution in [0.25, 0.3) is 0 Å². The lowest BCUT2D eigenvalue weighted by atomic mass is 10.1. The summed E-state index contributed by atoms with van der Waals surface area (Å²) in [5, 5.41) is 0. The molecule has 0 radical (unpaired) electrons. The van der Waals surface area contributed by atoms with Gasteiger partial charge in [0.2, 0.25) is 0 Å². The van der Waals surface area contributed by atoms with Crippen LogP contribution in [0.2, 0.25) is 0 Å². The molecule has 0 unspecified atom stereocenters. The molecule has 0 spiro atoms. The highest BCUT2D eigenvalue weighted by atomic mass is 16.1. The SMILES string of the molecule is CC(=O)C/C=C\CC(=O)c1ccccc1. The van der Waals surface area contributed by atoms with E-state index in [2.05, 4.69) is 0 Å². The number of rotatable bonds is 5. The first-order chi connectivity index (χ1) is 7.20. The fraction of sp³-hybridized carbons (Fsp3) is 0.231. The number of carbonyl (C=O) groups excluding carboxylic acids is 2. The Morgan fingerprint density at radius 2 is 1.67 bits per heavy atom. The summed E-state index contributed by atoms with van der Waals surface area (Å²) in [5.74, 6) is 0.189. The van der Waals surface area contributed by atoms with E-state index in [9.17, 15) is 9.59 Å². The van der Waals surface area contributed by atoms with Crippen molar-refractivity contribution in [3.8, 4) is 0 Å². The minimum absolute atomic E-state index is 0.0791. The van der Waals surface area contributed by atoms with Crippen LogP contribution in [0.5, 0.6) is 0 Å². The molecule has 0 aliphatic rings. The van der Waals surface area contributed by atoms with Crippen LogP contribution in [0.3, 0.4) is 0 Å². The summed E-state index contributed by atoms with van der Waals surface area (Å²) in [6, 6.07) is 9.14. The Balaban J connectivity index is 2.44. The van der Waals surface area contributed by atoms with Crippen molar-refractivity contribution in [1.29, 1.82) is 0 Å². The van der Waals surface area contributed by atoms with Crippen LogP contribution in [0.4, 0.5) is 0 Å². The second kappa shape index (κ2) is 5.91. The van der Waals surface area contributed by atoms with Crippen molar-refractivity contribution in [1.82, 2.24) is 0 Å². The first kappa shape index (κ1) is 11.4. The molecule has 1 aromatic carbocycles. The topological polar surface area (TPSA) is 34.1 Å². The molecule has 0 atom stereocenters. The smallest absolute Gasteiger partial charge is 0.166 e. The maximum absolute atomic E-state index is 11.6. The fourth-order valence-electron chi connectivity index (χ4n) is 1.18. The number of ketones is 2. The van der Waals surface area contributed by atoms with E-state index in [1.54, 1.807) is 24.3 Å². The van der Waals surface area contributed by atoms with Crippen LogP contribution in [0.1, 0.15) is 30.1 Å². The molecule has 0 amide bonds. The van der Waals surface area contributed by atoms with Gasteiger partial charge in [-0.15, -0.1) is 0 Å². The monoisotopic (exact) mass is 202 g/mol. The van der Waals surface area contributed by atoms with Gasteiger partial charge in [-0.25, -0.2) is 0 Å². The van der Waals surface area contributed by atoms with Gasteiger partial charge in [0.05, 0.1) is 0 Å². The van der Waals surface area contributed by atoms with Crippen molar-refractivity contribution in [3.05, 3.63) is 48.0 Å². The number of carbonyl (C=O) groups is 2. The molecule has 0 bridgehead atoms. The predicted octanol–water partition coefficient (Wildman–Crippen LogP) is 2.79. The van der Waals surface area contributed by atoms with Crippen molar-refractivity contribution >= 4 is 11.6 Å². The summed E-state index contributed by atoms with van der Waals surface area (Å²) < 4.78 is 0. The maximum Gasteiger partial charge on any atom is 0.166 e. The van der Waals surface area contributed by atoms with E-state index >= 15 is 0 Å². The highest BCUT2D eigenvalue weighted by molar-refractivity contribution is 5.96. The van der Waals surface area contributed by atoms with E-state index in [-0.39, 0.29) is 11.6 Å². The molecule has 0 fully saturated rings. The molecule has 1 aromatic rings. The number of hydrogen-bond acceptors (Lipinski definition) is 2. The molecule has 0 heterocycles. The minimum atomic E-state index is 0.0791. The Labute approximate surface area is 89.6 Å². The summed E-state index contributed by atoms with van der Waals surface area (Å²) >= 11 is 0. The Kier molecular flexibility index (Phi) is 4.48. The van der Waals surface area contributed by atoms with E-state index in [0.717, 1.165) is 0 Å². The van der Waals surface area contributed by atoms with Crippen LogP contribution in [0, 0.1) is 0 Å². The number of benzene rings is 1. The average molecular weight is 202 g/mol. The third-order valence-corrected chi connectivity index (χ3v) is 1.97. The van der Waals surface area contributed by atoms with Gasteiger partial charge in [-0.2, -0.15) is 0 Å².